The van der Waals surface area contributed by atoms with Gasteiger partial charge in [-0.3, -0.25) is 14.5 Å². The van der Waals surface area contributed by atoms with Gasteiger partial charge in [0.25, 0.3) is 0 Å². The number of anilines is 1. The molecule has 0 bridgehead atoms. The van der Waals surface area contributed by atoms with Crippen molar-refractivity contribution >= 4 is 17.5 Å². The topological polar surface area (TPSA) is 92.7 Å². The van der Waals surface area contributed by atoms with Crippen molar-refractivity contribution < 1.29 is 9.59 Å². The SMILES string of the molecule is CN(CC(=O)N(C)C)Cc1ccc(C(N)=O)cc1N. The van der Waals surface area contributed by atoms with E-state index in [2.05, 4.69) is 0 Å². The first kappa shape index (κ1) is 15.0. The molecule has 0 heterocycles. The number of primary amides is 1. The zero-order valence-electron chi connectivity index (χ0n) is 11.5. The lowest BCUT2D eigenvalue weighted by atomic mass is 10.1. The number of nitrogens with two attached hydrogens (primary N) is 2. The summed E-state index contributed by atoms with van der Waals surface area (Å²) in [6.07, 6.45) is 0. The van der Waals surface area contributed by atoms with Crippen molar-refractivity contribution in [2.24, 2.45) is 5.73 Å². The van der Waals surface area contributed by atoms with Gasteiger partial charge in [-0.25, -0.2) is 0 Å². The summed E-state index contributed by atoms with van der Waals surface area (Å²) < 4.78 is 0. The van der Waals surface area contributed by atoms with Gasteiger partial charge in [0.2, 0.25) is 11.8 Å². The van der Waals surface area contributed by atoms with Crippen molar-refractivity contribution in [2.75, 3.05) is 33.4 Å². The number of carbonyl (C=O) groups excluding carboxylic acids is 2. The number of likely N-dealkylation sites (N-methyl/N-ethyl adjacent to an activating group) is 2. The van der Waals surface area contributed by atoms with Crippen LogP contribution in [-0.4, -0.2) is 49.3 Å². The summed E-state index contributed by atoms with van der Waals surface area (Å²) in [5, 5.41) is 0. The highest BCUT2D eigenvalue weighted by molar-refractivity contribution is 5.93. The van der Waals surface area contributed by atoms with E-state index in [4.69, 9.17) is 11.5 Å². The van der Waals surface area contributed by atoms with Crippen LogP contribution in [0.1, 0.15) is 15.9 Å². The number of hydrogen-bond donors (Lipinski definition) is 2. The highest BCUT2D eigenvalue weighted by atomic mass is 16.2. The van der Waals surface area contributed by atoms with Crippen LogP contribution in [0.2, 0.25) is 0 Å². The molecule has 6 heteroatoms. The molecule has 4 N–H and O–H groups in total. The van der Waals surface area contributed by atoms with Crippen LogP contribution >= 0.6 is 0 Å². The summed E-state index contributed by atoms with van der Waals surface area (Å²) in [5.74, 6) is -0.482. The fraction of sp³-hybridized carbons (Fsp3) is 0.385. The second kappa shape index (κ2) is 6.19. The van der Waals surface area contributed by atoms with Crippen LogP contribution < -0.4 is 11.5 Å². The molecule has 2 amide bonds. The van der Waals surface area contributed by atoms with E-state index in [1.807, 2.05) is 11.9 Å². The van der Waals surface area contributed by atoms with Gasteiger partial charge in [0.15, 0.2) is 0 Å². The minimum absolute atomic E-state index is 0.0230. The molecule has 0 aliphatic rings. The average Bonchev–Trinajstić information content (AvgIpc) is 2.31. The van der Waals surface area contributed by atoms with Gasteiger partial charge in [-0.15, -0.1) is 0 Å². The Bertz CT molecular complexity index is 486. The largest absolute Gasteiger partial charge is 0.398 e. The molecular weight excluding hydrogens is 244 g/mol. The zero-order valence-corrected chi connectivity index (χ0v) is 11.5. The Kier molecular flexibility index (Phi) is 4.88. The third-order valence-corrected chi connectivity index (χ3v) is 2.77. The normalized spacial score (nSPS) is 10.5. The van der Waals surface area contributed by atoms with Gasteiger partial charge < -0.3 is 16.4 Å². The van der Waals surface area contributed by atoms with Crippen LogP contribution in [-0.2, 0) is 11.3 Å². The first-order valence-electron chi connectivity index (χ1n) is 5.88. The van der Waals surface area contributed by atoms with Crippen molar-refractivity contribution in [3.8, 4) is 0 Å². The fourth-order valence-corrected chi connectivity index (χ4v) is 1.61. The summed E-state index contributed by atoms with van der Waals surface area (Å²) in [6, 6.07) is 4.95. The van der Waals surface area contributed by atoms with Crippen LogP contribution in [0, 0.1) is 0 Å². The second-order valence-corrected chi connectivity index (χ2v) is 4.74. The van der Waals surface area contributed by atoms with Crippen LogP contribution in [0.15, 0.2) is 18.2 Å². The molecule has 0 atom stereocenters. The molecule has 0 spiro atoms. The Morgan fingerprint density at radius 1 is 1.21 bits per heavy atom. The van der Waals surface area contributed by atoms with Gasteiger partial charge >= 0.3 is 0 Å². The van der Waals surface area contributed by atoms with Gasteiger partial charge in [0.05, 0.1) is 6.54 Å². The lowest BCUT2D eigenvalue weighted by Gasteiger charge is -2.19. The molecule has 0 saturated heterocycles. The maximum Gasteiger partial charge on any atom is 0.248 e. The Hall–Kier alpha value is -2.08. The van der Waals surface area contributed by atoms with Crippen molar-refractivity contribution in [3.63, 3.8) is 0 Å². The molecule has 19 heavy (non-hydrogen) atoms. The number of rotatable bonds is 5. The Morgan fingerprint density at radius 2 is 1.84 bits per heavy atom. The van der Waals surface area contributed by atoms with E-state index >= 15 is 0 Å². The van der Waals surface area contributed by atoms with Crippen LogP contribution in [0.3, 0.4) is 0 Å². The van der Waals surface area contributed by atoms with E-state index in [-0.39, 0.29) is 5.91 Å². The van der Waals surface area contributed by atoms with Crippen LogP contribution in [0.25, 0.3) is 0 Å². The molecule has 104 valence electrons. The monoisotopic (exact) mass is 264 g/mol. The van der Waals surface area contributed by atoms with E-state index in [9.17, 15) is 9.59 Å². The molecule has 1 rings (SSSR count). The third-order valence-electron chi connectivity index (χ3n) is 2.77. The summed E-state index contributed by atoms with van der Waals surface area (Å²) in [7, 11) is 5.27. The molecule has 0 unspecified atom stereocenters. The van der Waals surface area contributed by atoms with Crippen molar-refractivity contribution in [1.82, 2.24) is 9.80 Å². The van der Waals surface area contributed by atoms with Crippen molar-refractivity contribution in [3.05, 3.63) is 29.3 Å². The number of nitrogen functional groups attached to an aromatic ring is 1. The minimum Gasteiger partial charge on any atom is -0.398 e. The Balaban J connectivity index is 2.72. The number of amides is 2. The van der Waals surface area contributed by atoms with Gasteiger partial charge in [0.1, 0.15) is 0 Å². The molecule has 0 radical (unpaired) electrons. The van der Waals surface area contributed by atoms with Crippen molar-refractivity contribution in [2.45, 2.75) is 6.54 Å². The predicted octanol–water partition coefficient (Wildman–Crippen LogP) is -0.112. The van der Waals surface area contributed by atoms with Crippen LogP contribution in [0.4, 0.5) is 5.69 Å². The summed E-state index contributed by atoms with van der Waals surface area (Å²) in [6.45, 7) is 0.842. The summed E-state index contributed by atoms with van der Waals surface area (Å²) >= 11 is 0. The quantitative estimate of drug-likeness (QED) is 0.726. The van der Waals surface area contributed by atoms with Gasteiger partial charge in [-0.1, -0.05) is 6.07 Å². The van der Waals surface area contributed by atoms with Crippen molar-refractivity contribution in [1.29, 1.82) is 0 Å². The first-order valence-corrected chi connectivity index (χ1v) is 5.88. The standard InChI is InChI=1S/C13H20N4O2/c1-16(2)12(18)8-17(3)7-10-5-4-9(13(15)19)6-11(10)14/h4-6H,7-8,14H2,1-3H3,(H2,15,19). The average molecular weight is 264 g/mol. The van der Waals surface area contributed by atoms with E-state index < -0.39 is 5.91 Å². The summed E-state index contributed by atoms with van der Waals surface area (Å²) in [4.78, 5) is 26.0. The highest BCUT2D eigenvalue weighted by Gasteiger charge is 2.11. The number of benzene rings is 1. The fourth-order valence-electron chi connectivity index (χ4n) is 1.61. The molecule has 0 fully saturated rings. The summed E-state index contributed by atoms with van der Waals surface area (Å²) in [5.41, 5.74) is 12.8. The number of carbonyl (C=O) groups is 2. The molecule has 6 nitrogen and oxygen atoms in total. The van der Waals surface area contributed by atoms with E-state index in [1.54, 1.807) is 32.3 Å². The zero-order chi connectivity index (χ0) is 14.6. The van der Waals surface area contributed by atoms with Gasteiger partial charge in [0, 0.05) is 31.9 Å². The lowest BCUT2D eigenvalue weighted by molar-refractivity contribution is -0.129. The number of nitrogens with zero attached hydrogens (tertiary/aromatic N) is 2. The minimum atomic E-state index is -0.505. The molecular formula is C13H20N4O2. The Labute approximate surface area is 113 Å². The second-order valence-electron chi connectivity index (χ2n) is 4.74. The van der Waals surface area contributed by atoms with E-state index in [1.165, 1.54) is 4.90 Å². The van der Waals surface area contributed by atoms with Gasteiger partial charge in [-0.2, -0.15) is 0 Å². The maximum atomic E-state index is 11.6. The highest BCUT2D eigenvalue weighted by Crippen LogP contribution is 2.15. The molecule has 1 aromatic rings. The number of hydrogen-bond acceptors (Lipinski definition) is 4. The molecule has 0 aliphatic carbocycles. The maximum absolute atomic E-state index is 11.6. The Morgan fingerprint density at radius 3 is 2.32 bits per heavy atom. The van der Waals surface area contributed by atoms with Crippen LogP contribution in [0.5, 0.6) is 0 Å². The molecule has 0 saturated carbocycles. The lowest BCUT2D eigenvalue weighted by Crippen LogP contribution is -2.34. The first-order chi connectivity index (χ1) is 8.81. The molecule has 1 aromatic carbocycles. The van der Waals surface area contributed by atoms with E-state index in [0.29, 0.717) is 24.3 Å². The van der Waals surface area contributed by atoms with E-state index in [0.717, 1.165) is 5.56 Å². The predicted molar refractivity (Wildman–Crippen MR) is 74.4 cm³/mol. The smallest absolute Gasteiger partial charge is 0.248 e. The third kappa shape index (κ3) is 4.26. The molecule has 0 aliphatic heterocycles. The van der Waals surface area contributed by atoms with Gasteiger partial charge in [-0.05, 0) is 24.7 Å². The molecule has 0 aromatic heterocycles.